The first-order chi connectivity index (χ1) is 7.92. The molecule has 0 aliphatic heterocycles. The number of rotatable bonds is 7. The molecule has 0 aromatic heterocycles. The number of carboxylic acid groups (broad SMARTS) is 1. The zero-order chi connectivity index (χ0) is 12.9. The number of carbonyl (C=O) groups is 2. The van der Waals surface area contributed by atoms with Crippen LogP contribution in [0.3, 0.4) is 0 Å². The Bertz CT molecular complexity index is 289. The lowest BCUT2D eigenvalue weighted by Crippen LogP contribution is -2.38. The minimum atomic E-state index is -0.758. The molecule has 1 rings (SSSR count). The second kappa shape index (κ2) is 5.89. The first kappa shape index (κ1) is 13.8. The Balaban J connectivity index is 1.92. The van der Waals surface area contributed by atoms with E-state index in [4.69, 9.17) is 5.11 Å². The van der Waals surface area contributed by atoms with Gasteiger partial charge in [0.2, 0.25) is 0 Å². The summed E-state index contributed by atoms with van der Waals surface area (Å²) < 4.78 is 0. The molecule has 5 nitrogen and oxygen atoms in total. The number of carboxylic acids is 1. The monoisotopic (exact) mass is 242 g/mol. The highest BCUT2D eigenvalue weighted by Gasteiger charge is 2.46. The summed E-state index contributed by atoms with van der Waals surface area (Å²) in [5.41, 5.74) is 0.249. The predicted molar refractivity (Wildman–Crippen MR) is 64.8 cm³/mol. The highest BCUT2D eigenvalue weighted by atomic mass is 16.4. The maximum absolute atomic E-state index is 11.4. The molecule has 0 heterocycles. The van der Waals surface area contributed by atoms with E-state index in [9.17, 15) is 9.59 Å². The van der Waals surface area contributed by atoms with Crippen molar-refractivity contribution in [2.24, 2.45) is 5.41 Å². The van der Waals surface area contributed by atoms with E-state index < -0.39 is 5.97 Å². The van der Waals surface area contributed by atoms with Crippen LogP contribution in [-0.2, 0) is 4.79 Å². The van der Waals surface area contributed by atoms with Crippen molar-refractivity contribution >= 4 is 12.0 Å². The molecule has 0 spiro atoms. The second-order valence-electron chi connectivity index (χ2n) is 5.35. The summed E-state index contributed by atoms with van der Waals surface area (Å²) in [6.45, 7) is 4.87. The van der Waals surface area contributed by atoms with Gasteiger partial charge in [0.1, 0.15) is 0 Å². The van der Waals surface area contributed by atoms with Crippen molar-refractivity contribution in [2.75, 3.05) is 6.54 Å². The van der Waals surface area contributed by atoms with Crippen molar-refractivity contribution in [1.29, 1.82) is 0 Å². The smallest absolute Gasteiger partial charge is 0.315 e. The molecule has 0 bridgehead atoms. The van der Waals surface area contributed by atoms with Gasteiger partial charge in [0.25, 0.3) is 0 Å². The lowest BCUT2D eigenvalue weighted by Gasteiger charge is -2.08. The predicted octanol–water partition coefficient (Wildman–Crippen LogP) is 1.73. The maximum Gasteiger partial charge on any atom is 0.315 e. The molecule has 0 aromatic rings. The third-order valence-corrected chi connectivity index (χ3v) is 3.17. The molecule has 1 aliphatic rings. The number of amides is 2. The number of nitrogens with one attached hydrogen (secondary N) is 2. The van der Waals surface area contributed by atoms with Crippen LogP contribution in [0.25, 0.3) is 0 Å². The summed E-state index contributed by atoms with van der Waals surface area (Å²) >= 11 is 0. The molecule has 5 heteroatoms. The minimum absolute atomic E-state index is 0.112. The Labute approximate surface area is 102 Å². The van der Waals surface area contributed by atoms with E-state index in [1.54, 1.807) is 0 Å². The third-order valence-electron chi connectivity index (χ3n) is 3.17. The van der Waals surface area contributed by atoms with Gasteiger partial charge < -0.3 is 15.7 Å². The zero-order valence-corrected chi connectivity index (χ0v) is 10.6. The van der Waals surface area contributed by atoms with Crippen LogP contribution in [0.4, 0.5) is 4.79 Å². The summed E-state index contributed by atoms with van der Waals surface area (Å²) in [5, 5.41) is 14.1. The molecule has 2 amide bonds. The number of unbranched alkanes of at least 4 members (excludes halogenated alkanes) is 2. The van der Waals surface area contributed by atoms with Gasteiger partial charge in [-0.3, -0.25) is 4.79 Å². The fourth-order valence-electron chi connectivity index (χ4n) is 1.70. The Kier molecular flexibility index (Phi) is 4.78. The molecule has 0 aromatic carbocycles. The van der Waals surface area contributed by atoms with Crippen LogP contribution < -0.4 is 10.6 Å². The number of aliphatic carboxylic acids is 1. The molecular formula is C12H22N2O3. The van der Waals surface area contributed by atoms with E-state index in [-0.39, 0.29) is 17.9 Å². The summed E-state index contributed by atoms with van der Waals surface area (Å²) in [6, 6.07) is 0.188. The van der Waals surface area contributed by atoms with E-state index in [0.29, 0.717) is 19.0 Å². The topological polar surface area (TPSA) is 78.4 Å². The van der Waals surface area contributed by atoms with Gasteiger partial charge in [-0.2, -0.15) is 0 Å². The molecule has 0 radical (unpaired) electrons. The van der Waals surface area contributed by atoms with Crippen molar-refractivity contribution < 1.29 is 14.7 Å². The van der Waals surface area contributed by atoms with Crippen LogP contribution in [0.1, 0.15) is 46.0 Å². The van der Waals surface area contributed by atoms with Crippen LogP contribution in [-0.4, -0.2) is 29.7 Å². The molecule has 1 saturated carbocycles. The Hall–Kier alpha value is -1.26. The average Bonchev–Trinajstić information content (AvgIpc) is 2.79. The normalized spacial score (nSPS) is 20.7. The van der Waals surface area contributed by atoms with Gasteiger partial charge in [0.15, 0.2) is 0 Å². The second-order valence-corrected chi connectivity index (χ2v) is 5.35. The van der Waals surface area contributed by atoms with Crippen LogP contribution in [0, 0.1) is 5.41 Å². The molecule has 17 heavy (non-hydrogen) atoms. The van der Waals surface area contributed by atoms with E-state index in [1.165, 1.54) is 0 Å². The fourth-order valence-corrected chi connectivity index (χ4v) is 1.70. The number of urea groups is 1. The Morgan fingerprint density at radius 1 is 1.29 bits per heavy atom. The van der Waals surface area contributed by atoms with Crippen LogP contribution >= 0.6 is 0 Å². The van der Waals surface area contributed by atoms with Gasteiger partial charge in [0.05, 0.1) is 0 Å². The van der Waals surface area contributed by atoms with Gasteiger partial charge >= 0.3 is 12.0 Å². The van der Waals surface area contributed by atoms with Gasteiger partial charge in [-0.15, -0.1) is 0 Å². The largest absolute Gasteiger partial charge is 0.481 e. The van der Waals surface area contributed by atoms with E-state index >= 15 is 0 Å². The molecule has 1 atom stereocenters. The Morgan fingerprint density at radius 2 is 1.94 bits per heavy atom. The lowest BCUT2D eigenvalue weighted by atomic mass is 10.2. The number of hydrogen-bond donors (Lipinski definition) is 3. The molecule has 1 unspecified atom stereocenters. The molecule has 1 aliphatic carbocycles. The third kappa shape index (κ3) is 5.56. The van der Waals surface area contributed by atoms with E-state index in [0.717, 1.165) is 19.3 Å². The average molecular weight is 242 g/mol. The summed E-state index contributed by atoms with van der Waals surface area (Å²) in [6.07, 6.45) is 3.59. The van der Waals surface area contributed by atoms with E-state index in [1.807, 2.05) is 0 Å². The number of carbonyl (C=O) groups excluding carboxylic acids is 1. The van der Waals surface area contributed by atoms with Gasteiger partial charge in [-0.1, -0.05) is 20.3 Å². The van der Waals surface area contributed by atoms with Crippen molar-refractivity contribution in [3.63, 3.8) is 0 Å². The molecule has 3 N–H and O–H groups in total. The molecule has 98 valence electrons. The molecular weight excluding hydrogens is 220 g/mol. The van der Waals surface area contributed by atoms with Gasteiger partial charge in [0, 0.05) is 19.0 Å². The van der Waals surface area contributed by atoms with Crippen molar-refractivity contribution in [3.05, 3.63) is 0 Å². The maximum atomic E-state index is 11.4. The zero-order valence-electron chi connectivity index (χ0n) is 10.6. The lowest BCUT2D eigenvalue weighted by molar-refractivity contribution is -0.137. The molecule has 0 saturated heterocycles. The quantitative estimate of drug-likeness (QED) is 0.595. The van der Waals surface area contributed by atoms with Crippen molar-refractivity contribution in [3.8, 4) is 0 Å². The highest BCUT2D eigenvalue weighted by Crippen LogP contribution is 2.44. The van der Waals surface area contributed by atoms with Gasteiger partial charge in [-0.25, -0.2) is 4.79 Å². The summed E-state index contributed by atoms with van der Waals surface area (Å²) in [7, 11) is 0. The standard InChI is InChI=1S/C12H22N2O3/c1-12(2)8-9(12)14-11(17)13-7-5-3-4-6-10(15)16/h9H,3-8H2,1-2H3,(H,15,16)(H2,13,14,17). The first-order valence-corrected chi connectivity index (χ1v) is 6.18. The van der Waals surface area contributed by atoms with Crippen LogP contribution in [0.15, 0.2) is 0 Å². The summed E-state index contributed by atoms with van der Waals surface area (Å²) in [5.74, 6) is -0.758. The highest BCUT2D eigenvalue weighted by molar-refractivity contribution is 5.74. The Morgan fingerprint density at radius 3 is 2.47 bits per heavy atom. The minimum Gasteiger partial charge on any atom is -0.481 e. The summed E-state index contributed by atoms with van der Waals surface area (Å²) in [4.78, 5) is 21.7. The van der Waals surface area contributed by atoms with Crippen molar-refractivity contribution in [1.82, 2.24) is 10.6 Å². The SMILES string of the molecule is CC1(C)CC1NC(=O)NCCCCCC(=O)O. The fraction of sp³-hybridized carbons (Fsp3) is 0.833. The van der Waals surface area contributed by atoms with Crippen LogP contribution in [0.2, 0.25) is 0 Å². The van der Waals surface area contributed by atoms with Crippen molar-refractivity contribution in [2.45, 2.75) is 52.0 Å². The van der Waals surface area contributed by atoms with Crippen LogP contribution in [0.5, 0.6) is 0 Å². The number of hydrogen-bond acceptors (Lipinski definition) is 2. The first-order valence-electron chi connectivity index (χ1n) is 6.18. The van der Waals surface area contributed by atoms with Gasteiger partial charge in [-0.05, 0) is 24.7 Å². The molecule has 1 fully saturated rings. The van der Waals surface area contributed by atoms with E-state index in [2.05, 4.69) is 24.5 Å².